The number of hydrogen-bond donors (Lipinski definition) is 1. The summed E-state index contributed by atoms with van der Waals surface area (Å²) < 4.78 is 32.2. The van der Waals surface area contributed by atoms with Crippen LogP contribution in [0, 0.1) is 11.6 Å². The number of nitrogens with one attached hydrogen (secondary N) is 1. The van der Waals surface area contributed by atoms with Crippen LogP contribution in [0.2, 0.25) is 0 Å². The zero-order chi connectivity index (χ0) is 14.7. The molecule has 0 aliphatic rings. The molecule has 1 atom stereocenters. The molecule has 0 aliphatic carbocycles. The predicted molar refractivity (Wildman–Crippen MR) is 79.1 cm³/mol. The molecule has 0 aromatic heterocycles. The first-order chi connectivity index (χ1) is 9.51. The molecular weight excluding hydrogens is 328 g/mol. The minimum absolute atomic E-state index is 0.106. The van der Waals surface area contributed by atoms with Gasteiger partial charge in [-0.2, -0.15) is 0 Å². The van der Waals surface area contributed by atoms with Crippen LogP contribution in [-0.2, 0) is 0 Å². The summed E-state index contributed by atoms with van der Waals surface area (Å²) in [6.07, 6.45) is 0. The Morgan fingerprint density at radius 2 is 1.85 bits per heavy atom. The number of benzene rings is 2. The highest BCUT2D eigenvalue weighted by Gasteiger charge is 2.10. The third-order valence-corrected chi connectivity index (χ3v) is 3.62. The minimum Gasteiger partial charge on any atom is -0.494 e. The fraction of sp³-hybridized carbons (Fsp3) is 0.200. The molecule has 0 radical (unpaired) electrons. The van der Waals surface area contributed by atoms with Crippen LogP contribution < -0.4 is 10.1 Å². The molecule has 20 heavy (non-hydrogen) atoms. The molecule has 0 amide bonds. The van der Waals surface area contributed by atoms with E-state index in [0.29, 0.717) is 10.2 Å². The highest BCUT2D eigenvalue weighted by molar-refractivity contribution is 9.10. The van der Waals surface area contributed by atoms with Crippen molar-refractivity contribution in [2.75, 3.05) is 12.4 Å². The van der Waals surface area contributed by atoms with Gasteiger partial charge in [0.15, 0.2) is 11.6 Å². The molecule has 0 saturated carbocycles. The molecule has 0 heterocycles. The van der Waals surface area contributed by atoms with E-state index in [1.807, 2.05) is 6.92 Å². The lowest BCUT2D eigenvalue weighted by Gasteiger charge is -2.17. The molecule has 1 N–H and O–H groups in total. The zero-order valence-corrected chi connectivity index (χ0v) is 12.7. The van der Waals surface area contributed by atoms with Gasteiger partial charge in [0.25, 0.3) is 0 Å². The van der Waals surface area contributed by atoms with Crippen molar-refractivity contribution in [3.05, 3.63) is 58.1 Å². The van der Waals surface area contributed by atoms with E-state index < -0.39 is 5.82 Å². The topological polar surface area (TPSA) is 21.3 Å². The lowest BCUT2D eigenvalue weighted by molar-refractivity contribution is 0.385. The molecule has 5 heteroatoms. The molecule has 2 rings (SSSR count). The Labute approximate surface area is 124 Å². The van der Waals surface area contributed by atoms with Crippen LogP contribution in [0.4, 0.5) is 14.5 Å². The second kappa shape index (κ2) is 6.22. The fourth-order valence-electron chi connectivity index (χ4n) is 1.86. The Hall–Kier alpha value is -1.62. The van der Waals surface area contributed by atoms with Crippen molar-refractivity contribution in [2.24, 2.45) is 0 Å². The lowest BCUT2D eigenvalue weighted by atomic mass is 10.1. The first-order valence-corrected chi connectivity index (χ1v) is 6.85. The van der Waals surface area contributed by atoms with Crippen LogP contribution in [-0.4, -0.2) is 7.11 Å². The monoisotopic (exact) mass is 341 g/mol. The minimum atomic E-state index is -0.405. The van der Waals surface area contributed by atoms with Gasteiger partial charge in [0.1, 0.15) is 5.82 Å². The second-order valence-electron chi connectivity index (χ2n) is 4.39. The molecule has 2 aromatic rings. The van der Waals surface area contributed by atoms with E-state index >= 15 is 0 Å². The molecule has 0 fully saturated rings. The molecule has 2 nitrogen and oxygen atoms in total. The Morgan fingerprint density at radius 3 is 2.50 bits per heavy atom. The number of methoxy groups -OCH3 is 1. The zero-order valence-electron chi connectivity index (χ0n) is 11.1. The number of anilines is 1. The quantitative estimate of drug-likeness (QED) is 0.853. The van der Waals surface area contributed by atoms with Crippen molar-refractivity contribution in [1.29, 1.82) is 0 Å². The molecule has 106 valence electrons. The normalized spacial score (nSPS) is 12.1. The summed E-state index contributed by atoms with van der Waals surface area (Å²) in [6.45, 7) is 1.91. The second-order valence-corrected chi connectivity index (χ2v) is 5.24. The van der Waals surface area contributed by atoms with E-state index in [2.05, 4.69) is 21.2 Å². The molecule has 0 bridgehead atoms. The van der Waals surface area contributed by atoms with E-state index in [4.69, 9.17) is 4.74 Å². The van der Waals surface area contributed by atoms with Crippen LogP contribution >= 0.6 is 15.9 Å². The predicted octanol–water partition coefficient (Wildman–Crippen LogP) is 4.91. The van der Waals surface area contributed by atoms with Gasteiger partial charge < -0.3 is 10.1 Å². The number of ether oxygens (including phenoxy) is 1. The third-order valence-electron chi connectivity index (χ3n) is 2.98. The van der Waals surface area contributed by atoms with Gasteiger partial charge in [-0.15, -0.1) is 0 Å². The molecule has 1 unspecified atom stereocenters. The van der Waals surface area contributed by atoms with Gasteiger partial charge >= 0.3 is 0 Å². The highest BCUT2D eigenvalue weighted by atomic mass is 79.9. The molecular formula is C15H14BrF2NO. The van der Waals surface area contributed by atoms with Crippen LogP contribution in [0.5, 0.6) is 5.75 Å². The maximum absolute atomic E-state index is 13.4. The Bertz CT molecular complexity index is 619. The van der Waals surface area contributed by atoms with Gasteiger partial charge in [0.05, 0.1) is 11.6 Å². The van der Waals surface area contributed by atoms with Crippen molar-refractivity contribution in [1.82, 2.24) is 0 Å². The van der Waals surface area contributed by atoms with Gasteiger partial charge in [-0.05, 0) is 58.7 Å². The Kier molecular flexibility index (Phi) is 4.60. The summed E-state index contributed by atoms with van der Waals surface area (Å²) in [5.74, 6) is -0.546. The average molecular weight is 342 g/mol. The standard InChI is InChI=1S/C15H14BrF2NO/c1-9(10-3-6-13(17)15(7-10)20-2)19-11-4-5-12(16)14(18)8-11/h3-9,19H,1-2H3. The number of halogens is 3. The fourth-order valence-corrected chi connectivity index (χ4v) is 2.11. The van der Waals surface area contributed by atoms with Crippen LogP contribution in [0.3, 0.4) is 0 Å². The smallest absolute Gasteiger partial charge is 0.165 e. The third kappa shape index (κ3) is 3.28. The van der Waals surface area contributed by atoms with Gasteiger partial charge in [-0.1, -0.05) is 6.07 Å². The first-order valence-electron chi connectivity index (χ1n) is 6.06. The van der Waals surface area contributed by atoms with E-state index in [1.54, 1.807) is 24.3 Å². The van der Waals surface area contributed by atoms with Crippen molar-refractivity contribution in [3.8, 4) is 5.75 Å². The lowest BCUT2D eigenvalue weighted by Crippen LogP contribution is -2.07. The number of hydrogen-bond acceptors (Lipinski definition) is 2. The highest BCUT2D eigenvalue weighted by Crippen LogP contribution is 2.26. The maximum Gasteiger partial charge on any atom is 0.165 e. The van der Waals surface area contributed by atoms with Crippen molar-refractivity contribution < 1.29 is 13.5 Å². The largest absolute Gasteiger partial charge is 0.494 e. The van der Waals surface area contributed by atoms with Crippen LogP contribution in [0.25, 0.3) is 0 Å². The Morgan fingerprint density at radius 1 is 1.10 bits per heavy atom. The first kappa shape index (κ1) is 14.8. The van der Waals surface area contributed by atoms with Crippen molar-refractivity contribution in [2.45, 2.75) is 13.0 Å². The van der Waals surface area contributed by atoms with E-state index in [1.165, 1.54) is 19.2 Å². The summed E-state index contributed by atoms with van der Waals surface area (Å²) >= 11 is 3.11. The summed E-state index contributed by atoms with van der Waals surface area (Å²) in [6, 6.07) is 9.35. The van der Waals surface area contributed by atoms with Crippen LogP contribution in [0.15, 0.2) is 40.9 Å². The van der Waals surface area contributed by atoms with Gasteiger partial charge in [-0.25, -0.2) is 8.78 Å². The summed E-state index contributed by atoms with van der Waals surface area (Å²) in [4.78, 5) is 0. The summed E-state index contributed by atoms with van der Waals surface area (Å²) in [5.41, 5.74) is 1.51. The van der Waals surface area contributed by atoms with Crippen molar-refractivity contribution >= 4 is 21.6 Å². The molecule has 0 spiro atoms. The molecule has 2 aromatic carbocycles. The summed E-state index contributed by atoms with van der Waals surface area (Å²) in [5, 5.41) is 3.16. The maximum atomic E-state index is 13.4. The summed E-state index contributed by atoms with van der Waals surface area (Å²) in [7, 11) is 1.42. The van der Waals surface area contributed by atoms with Gasteiger partial charge in [-0.3, -0.25) is 0 Å². The molecule has 0 saturated heterocycles. The number of rotatable bonds is 4. The van der Waals surface area contributed by atoms with E-state index in [0.717, 1.165) is 5.56 Å². The van der Waals surface area contributed by atoms with Crippen molar-refractivity contribution in [3.63, 3.8) is 0 Å². The van der Waals surface area contributed by atoms with Gasteiger partial charge in [0.2, 0.25) is 0 Å². The van der Waals surface area contributed by atoms with Crippen LogP contribution in [0.1, 0.15) is 18.5 Å². The SMILES string of the molecule is COc1cc(C(C)Nc2ccc(Br)c(F)c2)ccc1F. The van der Waals surface area contributed by atoms with Gasteiger partial charge in [0, 0.05) is 11.7 Å². The van der Waals surface area contributed by atoms with E-state index in [-0.39, 0.29) is 17.6 Å². The average Bonchev–Trinajstić information content (AvgIpc) is 2.43. The Balaban J connectivity index is 2.19. The molecule has 0 aliphatic heterocycles. The van der Waals surface area contributed by atoms with E-state index in [9.17, 15) is 8.78 Å².